The van der Waals surface area contributed by atoms with E-state index < -0.39 is 5.97 Å². The van der Waals surface area contributed by atoms with Crippen LogP contribution in [0.3, 0.4) is 0 Å². The monoisotopic (exact) mass is 295 g/mol. The highest BCUT2D eigenvalue weighted by Gasteiger charge is 2.08. The van der Waals surface area contributed by atoms with Gasteiger partial charge in [0.05, 0.1) is 6.42 Å². The summed E-state index contributed by atoms with van der Waals surface area (Å²) in [5.41, 5.74) is 2.12. The number of carboxylic acid groups (broad SMARTS) is 1. The Morgan fingerprint density at radius 3 is 2.41 bits per heavy atom. The van der Waals surface area contributed by atoms with Gasteiger partial charge in [-0.05, 0) is 23.8 Å². The van der Waals surface area contributed by atoms with E-state index in [0.717, 1.165) is 5.56 Å². The van der Waals surface area contributed by atoms with Crippen molar-refractivity contribution >= 4 is 23.5 Å². The molecule has 0 heterocycles. The van der Waals surface area contributed by atoms with E-state index in [1.54, 1.807) is 30.3 Å². The van der Waals surface area contributed by atoms with Gasteiger partial charge in [0.1, 0.15) is 0 Å². The number of carbonyl (C=O) groups is 2. The van der Waals surface area contributed by atoms with Gasteiger partial charge in [-0.1, -0.05) is 48.5 Å². The number of nitrogens with one attached hydrogen (secondary N) is 1. The SMILES string of the molecule is O=C(O)CCNc1ccccc1C(=O)C=Cc1ccccc1. The van der Waals surface area contributed by atoms with Crippen LogP contribution in [-0.4, -0.2) is 23.4 Å². The second-order valence-corrected chi connectivity index (χ2v) is 4.72. The Kier molecular flexibility index (Phi) is 5.49. The predicted octanol–water partition coefficient (Wildman–Crippen LogP) is 3.47. The number of hydrogen-bond donors (Lipinski definition) is 2. The summed E-state index contributed by atoms with van der Waals surface area (Å²) in [6.07, 6.45) is 3.28. The minimum atomic E-state index is -0.875. The van der Waals surface area contributed by atoms with Crippen molar-refractivity contribution in [2.75, 3.05) is 11.9 Å². The number of carboxylic acids is 1. The molecule has 4 heteroatoms. The van der Waals surface area contributed by atoms with Gasteiger partial charge in [0.15, 0.2) is 5.78 Å². The molecule has 22 heavy (non-hydrogen) atoms. The zero-order valence-corrected chi connectivity index (χ0v) is 12.0. The van der Waals surface area contributed by atoms with E-state index in [1.807, 2.05) is 30.3 Å². The molecule has 0 atom stereocenters. The molecule has 0 saturated heterocycles. The molecule has 2 aromatic carbocycles. The molecule has 0 radical (unpaired) electrons. The van der Waals surface area contributed by atoms with E-state index in [9.17, 15) is 9.59 Å². The Balaban J connectivity index is 2.09. The first kappa shape index (κ1) is 15.5. The number of benzene rings is 2. The lowest BCUT2D eigenvalue weighted by molar-refractivity contribution is -0.136. The zero-order valence-electron chi connectivity index (χ0n) is 12.0. The van der Waals surface area contributed by atoms with Gasteiger partial charge in [-0.3, -0.25) is 9.59 Å². The number of anilines is 1. The molecule has 2 N–H and O–H groups in total. The van der Waals surface area contributed by atoms with Crippen molar-refractivity contribution in [1.82, 2.24) is 0 Å². The number of para-hydroxylation sites is 1. The maximum Gasteiger partial charge on any atom is 0.305 e. The maximum absolute atomic E-state index is 12.3. The summed E-state index contributed by atoms with van der Waals surface area (Å²) >= 11 is 0. The quantitative estimate of drug-likeness (QED) is 0.606. The van der Waals surface area contributed by atoms with Crippen molar-refractivity contribution in [1.29, 1.82) is 0 Å². The molecule has 4 nitrogen and oxygen atoms in total. The zero-order chi connectivity index (χ0) is 15.8. The van der Waals surface area contributed by atoms with E-state index in [0.29, 0.717) is 11.3 Å². The van der Waals surface area contributed by atoms with Gasteiger partial charge in [0, 0.05) is 17.8 Å². The van der Waals surface area contributed by atoms with Crippen LogP contribution < -0.4 is 5.32 Å². The van der Waals surface area contributed by atoms with Crippen LogP contribution in [-0.2, 0) is 4.79 Å². The Bertz CT molecular complexity index is 678. The number of rotatable bonds is 7. The highest BCUT2D eigenvalue weighted by molar-refractivity contribution is 6.10. The Hall–Kier alpha value is -2.88. The number of ketones is 1. The second-order valence-electron chi connectivity index (χ2n) is 4.72. The van der Waals surface area contributed by atoms with Crippen LogP contribution >= 0.6 is 0 Å². The molecule has 0 spiro atoms. The van der Waals surface area contributed by atoms with E-state index in [2.05, 4.69) is 5.32 Å². The average molecular weight is 295 g/mol. The second kappa shape index (κ2) is 7.78. The van der Waals surface area contributed by atoms with Gasteiger partial charge in [-0.25, -0.2) is 0 Å². The molecular formula is C18H17NO3. The number of aliphatic carboxylic acids is 1. The minimum Gasteiger partial charge on any atom is -0.481 e. The van der Waals surface area contributed by atoms with Crippen molar-refractivity contribution < 1.29 is 14.7 Å². The summed E-state index contributed by atoms with van der Waals surface area (Å²) in [5, 5.41) is 11.7. The first-order valence-electron chi connectivity index (χ1n) is 6.99. The smallest absolute Gasteiger partial charge is 0.305 e. The van der Waals surface area contributed by atoms with E-state index >= 15 is 0 Å². The summed E-state index contributed by atoms with van der Waals surface area (Å²) < 4.78 is 0. The van der Waals surface area contributed by atoms with Crippen LogP contribution in [0.2, 0.25) is 0 Å². The topological polar surface area (TPSA) is 66.4 Å². The van der Waals surface area contributed by atoms with Crippen LogP contribution in [0.5, 0.6) is 0 Å². The molecule has 0 bridgehead atoms. The largest absolute Gasteiger partial charge is 0.481 e. The summed E-state index contributed by atoms with van der Waals surface area (Å²) in [5.74, 6) is -0.998. The molecule has 2 rings (SSSR count). The van der Waals surface area contributed by atoms with Gasteiger partial charge in [0.25, 0.3) is 0 Å². The normalized spacial score (nSPS) is 10.5. The predicted molar refractivity (Wildman–Crippen MR) is 87.0 cm³/mol. The maximum atomic E-state index is 12.3. The van der Waals surface area contributed by atoms with Gasteiger partial charge < -0.3 is 10.4 Å². The van der Waals surface area contributed by atoms with Crippen LogP contribution in [0.4, 0.5) is 5.69 Å². The lowest BCUT2D eigenvalue weighted by atomic mass is 10.1. The van der Waals surface area contributed by atoms with Crippen molar-refractivity contribution in [3.63, 3.8) is 0 Å². The van der Waals surface area contributed by atoms with Crippen LogP contribution in [0.15, 0.2) is 60.7 Å². The summed E-state index contributed by atoms with van der Waals surface area (Å²) in [6, 6.07) is 16.7. The third kappa shape index (κ3) is 4.59. The number of hydrogen-bond acceptors (Lipinski definition) is 3. The first-order valence-corrected chi connectivity index (χ1v) is 6.99. The van der Waals surface area contributed by atoms with E-state index in [-0.39, 0.29) is 18.7 Å². The Morgan fingerprint density at radius 1 is 1.00 bits per heavy atom. The fourth-order valence-corrected chi connectivity index (χ4v) is 1.98. The fraction of sp³-hybridized carbons (Fsp3) is 0.111. The van der Waals surface area contributed by atoms with Crippen LogP contribution in [0.25, 0.3) is 6.08 Å². The van der Waals surface area contributed by atoms with E-state index in [4.69, 9.17) is 5.11 Å². The van der Waals surface area contributed by atoms with Crippen molar-refractivity contribution in [3.05, 3.63) is 71.8 Å². The Morgan fingerprint density at radius 2 is 1.68 bits per heavy atom. The van der Waals surface area contributed by atoms with Gasteiger partial charge in [-0.2, -0.15) is 0 Å². The fourth-order valence-electron chi connectivity index (χ4n) is 1.98. The molecule has 0 fully saturated rings. The first-order chi connectivity index (χ1) is 10.7. The molecule has 0 saturated carbocycles. The van der Waals surface area contributed by atoms with Gasteiger partial charge in [0.2, 0.25) is 0 Å². The molecular weight excluding hydrogens is 278 g/mol. The molecule has 0 aliphatic carbocycles. The third-order valence-electron chi connectivity index (χ3n) is 3.07. The molecule has 0 unspecified atom stereocenters. The van der Waals surface area contributed by atoms with Crippen molar-refractivity contribution in [3.8, 4) is 0 Å². The molecule has 0 aliphatic heterocycles. The molecule has 2 aromatic rings. The molecule has 0 aliphatic rings. The average Bonchev–Trinajstić information content (AvgIpc) is 2.54. The number of carbonyl (C=O) groups excluding carboxylic acids is 1. The lowest BCUT2D eigenvalue weighted by Gasteiger charge is -2.08. The standard InChI is InChI=1S/C18H17NO3/c20-17(11-10-14-6-2-1-3-7-14)15-8-4-5-9-16(15)19-13-12-18(21)22/h1-11,19H,12-13H2,(H,21,22). The van der Waals surface area contributed by atoms with Crippen molar-refractivity contribution in [2.45, 2.75) is 6.42 Å². The number of allylic oxidation sites excluding steroid dienone is 1. The molecule has 0 aromatic heterocycles. The van der Waals surface area contributed by atoms with Gasteiger partial charge in [-0.15, -0.1) is 0 Å². The Labute approximate surface area is 129 Å². The molecule has 0 amide bonds. The lowest BCUT2D eigenvalue weighted by Crippen LogP contribution is -2.10. The summed E-state index contributed by atoms with van der Waals surface area (Å²) in [7, 11) is 0. The molecule has 112 valence electrons. The highest BCUT2D eigenvalue weighted by atomic mass is 16.4. The third-order valence-corrected chi connectivity index (χ3v) is 3.07. The highest BCUT2D eigenvalue weighted by Crippen LogP contribution is 2.16. The summed E-state index contributed by atoms with van der Waals surface area (Å²) in [6.45, 7) is 0.280. The summed E-state index contributed by atoms with van der Waals surface area (Å²) in [4.78, 5) is 22.8. The van der Waals surface area contributed by atoms with Crippen LogP contribution in [0, 0.1) is 0 Å². The van der Waals surface area contributed by atoms with Gasteiger partial charge >= 0.3 is 5.97 Å². The van der Waals surface area contributed by atoms with Crippen LogP contribution in [0.1, 0.15) is 22.3 Å². The van der Waals surface area contributed by atoms with E-state index in [1.165, 1.54) is 6.08 Å². The minimum absolute atomic E-state index is 0.00236. The van der Waals surface area contributed by atoms with Crippen molar-refractivity contribution in [2.24, 2.45) is 0 Å².